The van der Waals surface area contributed by atoms with E-state index in [1.807, 2.05) is 11.9 Å². The first-order chi connectivity index (χ1) is 14.3. The second kappa shape index (κ2) is 8.69. The molecule has 2 aromatic heterocycles. The smallest absolute Gasteiger partial charge is 0.444 e. The molecule has 1 amide bonds. The highest BCUT2D eigenvalue weighted by atomic mass is 32.2. The van der Waals surface area contributed by atoms with Crippen LogP contribution in [0.4, 0.5) is 34.0 Å². The van der Waals surface area contributed by atoms with Crippen molar-refractivity contribution in [3.05, 3.63) is 12.4 Å². The number of anilines is 2. The molecule has 2 atom stereocenters. The van der Waals surface area contributed by atoms with Crippen molar-refractivity contribution in [3.8, 4) is 0 Å². The number of aromatic nitrogens is 3. The van der Waals surface area contributed by atoms with E-state index in [2.05, 4.69) is 20.6 Å². The number of nitrogens with zero attached hydrogens (tertiary/aromatic N) is 4. The van der Waals surface area contributed by atoms with Crippen LogP contribution >= 0.6 is 11.8 Å². The number of nitrogens with one attached hydrogen (secondary N) is 2. The van der Waals surface area contributed by atoms with Crippen LogP contribution in [0.2, 0.25) is 0 Å². The molecule has 172 valence electrons. The number of thioether (sulfide) groups is 1. The molecule has 0 saturated carbocycles. The molecule has 1 aliphatic rings. The van der Waals surface area contributed by atoms with Crippen LogP contribution in [-0.2, 0) is 4.74 Å². The lowest BCUT2D eigenvalue weighted by molar-refractivity contribution is -0.0329. The number of amides is 1. The van der Waals surface area contributed by atoms with Gasteiger partial charge in [0, 0.05) is 37.2 Å². The number of fused-ring (bicyclic) bond motifs is 1. The van der Waals surface area contributed by atoms with Gasteiger partial charge >= 0.3 is 11.6 Å². The number of hydrogen-bond donors (Lipinski definition) is 2. The van der Waals surface area contributed by atoms with Crippen molar-refractivity contribution in [2.24, 2.45) is 0 Å². The molecular weight excluding hydrogens is 440 g/mol. The summed E-state index contributed by atoms with van der Waals surface area (Å²) < 4.78 is 60.3. The van der Waals surface area contributed by atoms with Crippen molar-refractivity contribution >= 4 is 35.1 Å². The summed E-state index contributed by atoms with van der Waals surface area (Å²) in [7, 11) is 1.81. The number of hydrogen-bond acceptors (Lipinski definition) is 7. The van der Waals surface area contributed by atoms with Crippen LogP contribution in [0.3, 0.4) is 0 Å². The molecule has 3 heterocycles. The Bertz CT molecular complexity index is 945. The first-order valence-electron chi connectivity index (χ1n) is 9.54. The molecule has 2 N–H and O–H groups in total. The number of piperidine rings is 1. The third kappa shape index (κ3) is 6.12. The fraction of sp³-hybridized carbons (Fsp3) is 0.611. The Hall–Kier alpha value is -2.28. The molecule has 0 unspecified atom stereocenters. The van der Waals surface area contributed by atoms with Crippen molar-refractivity contribution < 1.29 is 27.1 Å². The predicted molar refractivity (Wildman–Crippen MR) is 109 cm³/mol. The molecule has 2 aromatic rings. The minimum Gasteiger partial charge on any atom is -0.444 e. The third-order valence-electron chi connectivity index (χ3n) is 4.40. The van der Waals surface area contributed by atoms with Crippen molar-refractivity contribution in [2.45, 2.75) is 55.5 Å². The number of ether oxygens (including phenoxy) is 1. The molecule has 0 radical (unpaired) electrons. The van der Waals surface area contributed by atoms with E-state index in [0.29, 0.717) is 13.0 Å². The van der Waals surface area contributed by atoms with E-state index in [4.69, 9.17) is 4.74 Å². The van der Waals surface area contributed by atoms with Crippen molar-refractivity contribution in [3.63, 3.8) is 0 Å². The van der Waals surface area contributed by atoms with Gasteiger partial charge in [-0.05, 0) is 34.2 Å². The number of imidazole rings is 1. The molecule has 1 saturated heterocycles. The molecule has 0 bridgehead atoms. The summed E-state index contributed by atoms with van der Waals surface area (Å²) in [5, 5.41) is 4.87. The summed E-state index contributed by atoms with van der Waals surface area (Å²) in [6.07, 6.45) is 0.954. The topological polar surface area (TPSA) is 83.8 Å². The van der Waals surface area contributed by atoms with E-state index < -0.39 is 41.2 Å². The number of rotatable bonds is 4. The molecule has 1 fully saturated rings. The largest absolute Gasteiger partial charge is 0.447 e. The lowest BCUT2D eigenvalue weighted by atomic mass is 10.0. The maximum absolute atomic E-state index is 14.4. The standard InChI is InChI=1S/C18H24F4N6O2S/c1-17(2,3)30-16(29)26-13-15(31-18(20,21)22)28-8-6-23-12(14(28)25-13)24-11-5-7-27(4)9-10(11)19/h6,8,10-11H,5,7,9H2,1-4H3,(H,23,24)(H,26,29)/t10-,11+/m0/s1. The summed E-state index contributed by atoms with van der Waals surface area (Å²) in [5.74, 6) is -0.200. The number of likely N-dealkylation sites (tertiary alicyclic amines) is 1. The number of alkyl halides is 4. The van der Waals surface area contributed by atoms with Crippen LogP contribution in [0.15, 0.2) is 17.4 Å². The minimum atomic E-state index is -4.63. The zero-order chi connectivity index (χ0) is 23.0. The zero-order valence-corrected chi connectivity index (χ0v) is 18.3. The molecule has 0 aromatic carbocycles. The van der Waals surface area contributed by atoms with Gasteiger partial charge in [0.2, 0.25) is 0 Å². The molecule has 8 nitrogen and oxygen atoms in total. The van der Waals surface area contributed by atoms with E-state index in [1.165, 1.54) is 12.4 Å². The van der Waals surface area contributed by atoms with Crippen LogP contribution in [0.1, 0.15) is 27.2 Å². The van der Waals surface area contributed by atoms with Crippen LogP contribution in [0.5, 0.6) is 0 Å². The van der Waals surface area contributed by atoms with E-state index in [1.54, 1.807) is 20.8 Å². The lowest BCUT2D eigenvalue weighted by Gasteiger charge is -2.32. The molecule has 0 spiro atoms. The van der Waals surface area contributed by atoms with Gasteiger partial charge in [-0.3, -0.25) is 9.72 Å². The minimum absolute atomic E-state index is 0.0337. The molecule has 1 aliphatic heterocycles. The maximum Gasteiger partial charge on any atom is 0.447 e. The number of carbonyl (C=O) groups excluding carboxylic acids is 1. The van der Waals surface area contributed by atoms with E-state index >= 15 is 0 Å². The van der Waals surface area contributed by atoms with Crippen molar-refractivity contribution in [1.82, 2.24) is 19.3 Å². The second-order valence-electron chi connectivity index (χ2n) is 8.23. The molecule has 3 rings (SSSR count). The average Bonchev–Trinajstić information content (AvgIpc) is 2.92. The number of halogens is 4. The molecule has 13 heteroatoms. The van der Waals surface area contributed by atoms with Gasteiger partial charge in [-0.25, -0.2) is 19.2 Å². The summed E-state index contributed by atoms with van der Waals surface area (Å²) >= 11 is -0.427. The Kier molecular flexibility index (Phi) is 6.56. The Morgan fingerprint density at radius 1 is 1.29 bits per heavy atom. The Morgan fingerprint density at radius 3 is 2.61 bits per heavy atom. The summed E-state index contributed by atoms with van der Waals surface area (Å²) in [6, 6.07) is -0.562. The first-order valence-corrected chi connectivity index (χ1v) is 10.4. The monoisotopic (exact) mass is 464 g/mol. The van der Waals surface area contributed by atoms with Crippen LogP contribution in [0.25, 0.3) is 5.65 Å². The fourth-order valence-corrected chi connectivity index (χ4v) is 3.80. The highest BCUT2D eigenvalue weighted by Gasteiger charge is 2.35. The average molecular weight is 464 g/mol. The van der Waals surface area contributed by atoms with Crippen molar-refractivity contribution in [1.29, 1.82) is 0 Å². The van der Waals surface area contributed by atoms with E-state index in [0.717, 1.165) is 4.40 Å². The van der Waals surface area contributed by atoms with Crippen LogP contribution < -0.4 is 10.6 Å². The van der Waals surface area contributed by atoms with Gasteiger partial charge in [-0.15, -0.1) is 0 Å². The van der Waals surface area contributed by atoms with Crippen LogP contribution in [-0.4, -0.2) is 68.8 Å². The van der Waals surface area contributed by atoms with Gasteiger partial charge in [0.05, 0.1) is 6.04 Å². The fourth-order valence-electron chi connectivity index (χ4n) is 3.14. The quantitative estimate of drug-likeness (QED) is 0.520. The zero-order valence-electron chi connectivity index (χ0n) is 17.5. The summed E-state index contributed by atoms with van der Waals surface area (Å²) in [5.41, 5.74) is -5.44. The van der Waals surface area contributed by atoms with Crippen LogP contribution in [0, 0.1) is 0 Å². The Labute approximate surface area is 180 Å². The van der Waals surface area contributed by atoms with Gasteiger partial charge in [0.15, 0.2) is 17.3 Å². The van der Waals surface area contributed by atoms with Gasteiger partial charge in [0.25, 0.3) is 0 Å². The highest BCUT2D eigenvalue weighted by molar-refractivity contribution is 8.00. The lowest BCUT2D eigenvalue weighted by Crippen LogP contribution is -2.46. The summed E-state index contributed by atoms with van der Waals surface area (Å²) in [6.45, 7) is 5.78. The van der Waals surface area contributed by atoms with Gasteiger partial charge in [-0.1, -0.05) is 0 Å². The molecule has 0 aliphatic carbocycles. The van der Waals surface area contributed by atoms with Gasteiger partial charge in [-0.2, -0.15) is 13.2 Å². The molecule has 31 heavy (non-hydrogen) atoms. The number of carbonyl (C=O) groups is 1. The van der Waals surface area contributed by atoms with Gasteiger partial charge in [0.1, 0.15) is 16.8 Å². The van der Waals surface area contributed by atoms with Crippen molar-refractivity contribution in [2.75, 3.05) is 30.8 Å². The van der Waals surface area contributed by atoms with E-state index in [9.17, 15) is 22.4 Å². The highest BCUT2D eigenvalue weighted by Crippen LogP contribution is 2.41. The SMILES string of the molecule is CN1CC[C@@H](Nc2nccn3c(SC(F)(F)F)c(NC(=O)OC(C)(C)C)nc23)[C@@H](F)C1. The molecular formula is C18H24F4N6O2S. The Morgan fingerprint density at radius 2 is 2.00 bits per heavy atom. The second-order valence-corrected chi connectivity index (χ2v) is 9.28. The third-order valence-corrected chi connectivity index (χ3v) is 5.21. The normalized spacial score (nSPS) is 20.6. The Balaban J connectivity index is 1.96. The van der Waals surface area contributed by atoms with E-state index in [-0.39, 0.29) is 28.9 Å². The predicted octanol–water partition coefficient (Wildman–Crippen LogP) is 4.14. The van der Waals surface area contributed by atoms with Gasteiger partial charge < -0.3 is 15.0 Å². The first kappa shape index (κ1) is 23.4. The summed E-state index contributed by atoms with van der Waals surface area (Å²) in [4.78, 5) is 22.3. The maximum atomic E-state index is 14.4.